The summed E-state index contributed by atoms with van der Waals surface area (Å²) in [7, 11) is 0. The number of aldehydes is 1. The number of carboxylic acid groups (broad SMARTS) is 1. The van der Waals surface area contributed by atoms with Crippen molar-refractivity contribution < 1.29 is 14.7 Å². The highest BCUT2D eigenvalue weighted by atomic mass is 16.4. The lowest BCUT2D eigenvalue weighted by molar-refractivity contribution is -0.157. The van der Waals surface area contributed by atoms with Crippen LogP contribution in [0.1, 0.15) is 71.6 Å². The molecule has 0 aliphatic heterocycles. The van der Waals surface area contributed by atoms with Gasteiger partial charge in [0.1, 0.15) is 6.29 Å². The SMILES string of the molecule is C[C@@]12CCC[C@@](C)(C=O)[C@H]1CC[C@@]13C[C@@H](CC[C@@H]12)[C@H](C(=O)O)C3. The Morgan fingerprint density at radius 3 is 2.52 bits per heavy atom. The van der Waals surface area contributed by atoms with E-state index in [4.69, 9.17) is 0 Å². The van der Waals surface area contributed by atoms with Gasteiger partial charge < -0.3 is 9.90 Å². The van der Waals surface area contributed by atoms with Crippen LogP contribution >= 0.6 is 0 Å². The number of aliphatic carboxylic acids is 1. The van der Waals surface area contributed by atoms with Crippen molar-refractivity contribution in [3.63, 3.8) is 0 Å². The van der Waals surface area contributed by atoms with E-state index in [2.05, 4.69) is 13.8 Å². The average Bonchev–Trinajstić information content (AvgIpc) is 2.78. The highest BCUT2D eigenvalue weighted by molar-refractivity contribution is 5.71. The number of rotatable bonds is 2. The van der Waals surface area contributed by atoms with Crippen LogP contribution in [0.2, 0.25) is 0 Å². The third kappa shape index (κ3) is 1.94. The van der Waals surface area contributed by atoms with Gasteiger partial charge in [-0.05, 0) is 80.0 Å². The Balaban J connectivity index is 1.71. The van der Waals surface area contributed by atoms with Gasteiger partial charge in [0.25, 0.3) is 0 Å². The predicted octanol–water partition coefficient (Wildman–Crippen LogP) is 4.30. The molecule has 0 aromatic heterocycles. The summed E-state index contributed by atoms with van der Waals surface area (Å²) in [6.45, 7) is 4.62. The van der Waals surface area contributed by atoms with Gasteiger partial charge in [-0.1, -0.05) is 20.3 Å². The van der Waals surface area contributed by atoms with Gasteiger partial charge in [0, 0.05) is 5.41 Å². The molecule has 4 fully saturated rings. The van der Waals surface area contributed by atoms with E-state index in [1.54, 1.807) is 0 Å². The maximum absolute atomic E-state index is 11.9. The summed E-state index contributed by atoms with van der Waals surface area (Å²) in [4.78, 5) is 23.5. The molecule has 1 N–H and O–H groups in total. The molecule has 0 amide bonds. The van der Waals surface area contributed by atoms with Crippen molar-refractivity contribution in [2.24, 2.45) is 39.9 Å². The molecule has 1 spiro atoms. The van der Waals surface area contributed by atoms with E-state index in [-0.39, 0.29) is 22.2 Å². The molecule has 2 bridgehead atoms. The van der Waals surface area contributed by atoms with Crippen LogP contribution in [-0.4, -0.2) is 17.4 Å². The Labute approximate surface area is 139 Å². The van der Waals surface area contributed by atoms with E-state index < -0.39 is 5.97 Å². The average molecular weight is 318 g/mol. The van der Waals surface area contributed by atoms with Crippen molar-refractivity contribution >= 4 is 12.3 Å². The predicted molar refractivity (Wildman–Crippen MR) is 87.9 cm³/mol. The van der Waals surface area contributed by atoms with Crippen molar-refractivity contribution in [3.05, 3.63) is 0 Å². The van der Waals surface area contributed by atoms with E-state index in [0.717, 1.165) is 44.9 Å². The zero-order valence-electron chi connectivity index (χ0n) is 14.5. The summed E-state index contributed by atoms with van der Waals surface area (Å²) < 4.78 is 0. The first kappa shape index (κ1) is 15.7. The van der Waals surface area contributed by atoms with Crippen molar-refractivity contribution in [1.82, 2.24) is 0 Å². The standard InChI is InChI=1S/C20H30O3/c1-18(12-21)7-3-8-19(2)15(18)6-9-20-10-13(4-5-16(19)20)14(11-20)17(22)23/h12-16H,3-11H2,1-2H3,(H,22,23)/t13-,14-,15-,16-,18+,19-,20+/m1/s1. The van der Waals surface area contributed by atoms with Crippen molar-refractivity contribution in [2.75, 3.05) is 0 Å². The summed E-state index contributed by atoms with van der Waals surface area (Å²) >= 11 is 0. The first-order valence-corrected chi connectivity index (χ1v) is 9.54. The molecule has 0 radical (unpaired) electrons. The fraction of sp³-hybridized carbons (Fsp3) is 0.900. The van der Waals surface area contributed by atoms with E-state index in [1.165, 1.54) is 19.1 Å². The molecule has 0 saturated heterocycles. The van der Waals surface area contributed by atoms with E-state index in [0.29, 0.717) is 17.8 Å². The third-order valence-electron chi connectivity index (χ3n) is 8.77. The lowest BCUT2D eigenvalue weighted by Gasteiger charge is -2.63. The normalized spacial score (nSPS) is 54.9. The zero-order chi connectivity index (χ0) is 16.5. The topological polar surface area (TPSA) is 54.4 Å². The Kier molecular flexibility index (Phi) is 3.29. The molecule has 23 heavy (non-hydrogen) atoms. The van der Waals surface area contributed by atoms with Gasteiger partial charge in [-0.3, -0.25) is 4.79 Å². The second-order valence-corrected chi connectivity index (χ2v) is 9.68. The number of hydrogen-bond acceptors (Lipinski definition) is 2. The van der Waals surface area contributed by atoms with Gasteiger partial charge in [-0.25, -0.2) is 0 Å². The van der Waals surface area contributed by atoms with Crippen LogP contribution < -0.4 is 0 Å². The largest absolute Gasteiger partial charge is 0.481 e. The Bertz CT molecular complexity index is 543. The van der Waals surface area contributed by atoms with Crippen molar-refractivity contribution in [2.45, 2.75) is 71.6 Å². The minimum absolute atomic E-state index is 0.110. The third-order valence-corrected chi connectivity index (χ3v) is 8.77. The van der Waals surface area contributed by atoms with E-state index in [1.807, 2.05) is 0 Å². The molecule has 128 valence electrons. The van der Waals surface area contributed by atoms with Crippen LogP contribution in [0.5, 0.6) is 0 Å². The fourth-order valence-corrected chi connectivity index (χ4v) is 7.92. The summed E-state index contributed by atoms with van der Waals surface area (Å²) in [6.07, 6.45) is 11.3. The van der Waals surface area contributed by atoms with Gasteiger partial charge in [0.2, 0.25) is 0 Å². The van der Waals surface area contributed by atoms with Crippen LogP contribution in [0.25, 0.3) is 0 Å². The molecule has 3 nitrogen and oxygen atoms in total. The Hall–Kier alpha value is -0.860. The molecule has 0 unspecified atom stereocenters. The molecule has 0 aromatic rings. The lowest BCUT2D eigenvalue weighted by Crippen LogP contribution is -2.56. The first-order valence-electron chi connectivity index (χ1n) is 9.54. The monoisotopic (exact) mass is 318 g/mol. The maximum atomic E-state index is 11.9. The Morgan fingerprint density at radius 1 is 1.04 bits per heavy atom. The second kappa shape index (κ2) is 4.83. The second-order valence-electron chi connectivity index (χ2n) is 9.68. The molecule has 0 heterocycles. The molecular formula is C20H30O3. The smallest absolute Gasteiger partial charge is 0.306 e. The lowest BCUT2D eigenvalue weighted by atomic mass is 9.41. The summed E-state index contributed by atoms with van der Waals surface area (Å²) in [5, 5.41) is 9.62. The molecule has 4 saturated carbocycles. The minimum atomic E-state index is -0.568. The highest BCUT2D eigenvalue weighted by Crippen LogP contribution is 2.72. The molecular weight excluding hydrogens is 288 g/mol. The quantitative estimate of drug-likeness (QED) is 0.772. The first-order chi connectivity index (χ1) is 10.8. The van der Waals surface area contributed by atoms with Gasteiger partial charge in [-0.15, -0.1) is 0 Å². The number of carbonyl (C=O) groups excluding carboxylic acids is 1. The molecule has 4 rings (SSSR count). The van der Waals surface area contributed by atoms with Gasteiger partial charge in [0.05, 0.1) is 5.92 Å². The van der Waals surface area contributed by atoms with Gasteiger partial charge >= 0.3 is 5.97 Å². The number of carboxylic acids is 1. The summed E-state index contributed by atoms with van der Waals surface area (Å²) in [5.74, 6) is 0.860. The van der Waals surface area contributed by atoms with Crippen molar-refractivity contribution in [3.8, 4) is 0 Å². The molecule has 3 heteroatoms. The van der Waals surface area contributed by atoms with Crippen LogP contribution in [0.15, 0.2) is 0 Å². The highest BCUT2D eigenvalue weighted by Gasteiger charge is 2.65. The van der Waals surface area contributed by atoms with E-state index in [9.17, 15) is 14.7 Å². The van der Waals surface area contributed by atoms with Crippen LogP contribution in [0.4, 0.5) is 0 Å². The maximum Gasteiger partial charge on any atom is 0.306 e. The van der Waals surface area contributed by atoms with Crippen LogP contribution in [-0.2, 0) is 9.59 Å². The molecule has 4 aliphatic carbocycles. The fourth-order valence-electron chi connectivity index (χ4n) is 7.92. The number of hydrogen-bond donors (Lipinski definition) is 1. The van der Waals surface area contributed by atoms with Crippen molar-refractivity contribution in [1.29, 1.82) is 0 Å². The minimum Gasteiger partial charge on any atom is -0.481 e. The summed E-state index contributed by atoms with van der Waals surface area (Å²) in [5.41, 5.74) is 0.346. The zero-order valence-corrected chi connectivity index (χ0v) is 14.5. The van der Waals surface area contributed by atoms with Crippen LogP contribution in [0.3, 0.4) is 0 Å². The summed E-state index contributed by atoms with van der Waals surface area (Å²) in [6, 6.07) is 0. The molecule has 0 aromatic carbocycles. The number of carbonyl (C=O) groups is 2. The van der Waals surface area contributed by atoms with Gasteiger partial charge in [-0.2, -0.15) is 0 Å². The van der Waals surface area contributed by atoms with Gasteiger partial charge in [0.15, 0.2) is 0 Å². The van der Waals surface area contributed by atoms with E-state index >= 15 is 0 Å². The number of fused-ring (bicyclic) bond motifs is 3. The van der Waals surface area contributed by atoms with Crippen LogP contribution in [0, 0.1) is 39.9 Å². The molecule has 7 atom stereocenters. The molecule has 4 aliphatic rings. The Morgan fingerprint density at radius 2 is 1.83 bits per heavy atom.